The lowest BCUT2D eigenvalue weighted by molar-refractivity contribution is 0.233. The van der Waals surface area contributed by atoms with Gasteiger partial charge < -0.3 is 16.2 Å². The molecule has 0 aliphatic heterocycles. The predicted molar refractivity (Wildman–Crippen MR) is 49.9 cm³/mol. The van der Waals surface area contributed by atoms with Crippen molar-refractivity contribution >= 4 is 0 Å². The molecule has 0 aromatic heterocycles. The predicted octanol–water partition coefficient (Wildman–Crippen LogP) is 0.0842. The first kappa shape index (κ1) is 9.96. The molecule has 3 unspecified atom stereocenters. The van der Waals surface area contributed by atoms with Crippen LogP contribution in [0.4, 0.5) is 0 Å². The van der Waals surface area contributed by atoms with Crippen LogP contribution in [0.25, 0.3) is 0 Å². The van der Waals surface area contributed by atoms with Crippen molar-refractivity contribution in [3.8, 4) is 0 Å². The van der Waals surface area contributed by atoms with Crippen LogP contribution >= 0.6 is 0 Å². The summed E-state index contributed by atoms with van der Waals surface area (Å²) in [6.07, 6.45) is 3.77. The fourth-order valence-electron chi connectivity index (χ4n) is 1.89. The molecule has 1 rings (SSSR count). The third-order valence-electron chi connectivity index (χ3n) is 2.67. The van der Waals surface area contributed by atoms with E-state index in [4.69, 9.17) is 10.8 Å². The minimum absolute atomic E-state index is 0.0975. The summed E-state index contributed by atoms with van der Waals surface area (Å²) < 4.78 is 0. The molecule has 72 valence electrons. The smallest absolute Gasteiger partial charge is 0.0597 e. The van der Waals surface area contributed by atoms with Crippen molar-refractivity contribution in [2.45, 2.75) is 38.3 Å². The summed E-state index contributed by atoms with van der Waals surface area (Å²) in [6.45, 7) is 2.96. The van der Waals surface area contributed by atoms with Crippen LogP contribution in [0.5, 0.6) is 0 Å². The maximum Gasteiger partial charge on any atom is 0.0597 e. The Morgan fingerprint density at radius 3 is 2.75 bits per heavy atom. The Kier molecular flexibility index (Phi) is 3.98. The van der Waals surface area contributed by atoms with Crippen molar-refractivity contribution in [2.24, 2.45) is 11.7 Å². The normalized spacial score (nSPS) is 32.2. The summed E-state index contributed by atoms with van der Waals surface area (Å²) in [6, 6.07) is 0.681. The fraction of sp³-hybridized carbons (Fsp3) is 1.00. The van der Waals surface area contributed by atoms with E-state index in [2.05, 4.69) is 12.2 Å². The van der Waals surface area contributed by atoms with Gasteiger partial charge in [0.2, 0.25) is 0 Å². The molecule has 0 heterocycles. The topological polar surface area (TPSA) is 58.3 Å². The van der Waals surface area contributed by atoms with Crippen LogP contribution in [0.3, 0.4) is 0 Å². The maximum atomic E-state index is 8.91. The molecule has 0 aromatic carbocycles. The molecule has 0 spiro atoms. The van der Waals surface area contributed by atoms with Crippen LogP contribution in [0.1, 0.15) is 26.2 Å². The summed E-state index contributed by atoms with van der Waals surface area (Å²) in [5, 5.41) is 12.3. The zero-order chi connectivity index (χ0) is 8.97. The Bertz CT molecular complexity index is 126. The molecule has 0 aromatic rings. The van der Waals surface area contributed by atoms with Crippen molar-refractivity contribution in [3.63, 3.8) is 0 Å². The first-order chi connectivity index (χ1) is 5.76. The third-order valence-corrected chi connectivity index (χ3v) is 2.67. The second kappa shape index (κ2) is 4.80. The monoisotopic (exact) mass is 172 g/mol. The van der Waals surface area contributed by atoms with Gasteiger partial charge in [-0.2, -0.15) is 0 Å². The average molecular weight is 172 g/mol. The summed E-state index contributed by atoms with van der Waals surface area (Å²) in [5.41, 5.74) is 5.47. The van der Waals surface area contributed by atoms with Gasteiger partial charge in [-0.1, -0.05) is 6.92 Å². The highest BCUT2D eigenvalue weighted by molar-refractivity contribution is 4.81. The van der Waals surface area contributed by atoms with Crippen molar-refractivity contribution < 1.29 is 5.11 Å². The molecule has 12 heavy (non-hydrogen) atoms. The molecule has 3 nitrogen and oxygen atoms in total. The Morgan fingerprint density at radius 2 is 2.33 bits per heavy atom. The maximum absolute atomic E-state index is 8.91. The van der Waals surface area contributed by atoms with E-state index >= 15 is 0 Å². The lowest BCUT2D eigenvalue weighted by Crippen LogP contribution is -2.44. The first-order valence-electron chi connectivity index (χ1n) is 4.83. The lowest BCUT2D eigenvalue weighted by atomic mass is 10.1. The van der Waals surface area contributed by atoms with Crippen molar-refractivity contribution in [3.05, 3.63) is 0 Å². The van der Waals surface area contributed by atoms with Crippen LogP contribution in [0.2, 0.25) is 0 Å². The standard InChI is InChI=1S/C9H20N2O/c1-7-2-3-8(4-7)11-9(5-10)6-12/h7-9,11-12H,2-6,10H2,1H3. The number of nitrogens with two attached hydrogens (primary N) is 1. The Labute approximate surface area is 74.3 Å². The highest BCUT2D eigenvalue weighted by Crippen LogP contribution is 2.24. The highest BCUT2D eigenvalue weighted by atomic mass is 16.3. The number of hydrogen-bond donors (Lipinski definition) is 3. The molecule has 0 radical (unpaired) electrons. The van der Waals surface area contributed by atoms with E-state index in [0.29, 0.717) is 12.6 Å². The van der Waals surface area contributed by atoms with Gasteiger partial charge in [0, 0.05) is 18.6 Å². The van der Waals surface area contributed by atoms with Crippen LogP contribution < -0.4 is 11.1 Å². The quantitative estimate of drug-likeness (QED) is 0.563. The first-order valence-corrected chi connectivity index (χ1v) is 4.83. The molecule has 3 atom stereocenters. The van der Waals surface area contributed by atoms with Gasteiger partial charge in [0.05, 0.1) is 6.61 Å². The molecule has 0 amide bonds. The van der Waals surface area contributed by atoms with E-state index in [1.807, 2.05) is 0 Å². The van der Waals surface area contributed by atoms with E-state index in [1.54, 1.807) is 0 Å². The Hall–Kier alpha value is -0.120. The molecule has 1 aliphatic carbocycles. The van der Waals surface area contributed by atoms with E-state index in [-0.39, 0.29) is 12.6 Å². The zero-order valence-corrected chi connectivity index (χ0v) is 7.79. The Balaban J connectivity index is 2.21. The minimum Gasteiger partial charge on any atom is -0.395 e. The van der Waals surface area contributed by atoms with E-state index in [1.165, 1.54) is 19.3 Å². The van der Waals surface area contributed by atoms with Gasteiger partial charge in [0.15, 0.2) is 0 Å². The van der Waals surface area contributed by atoms with E-state index in [9.17, 15) is 0 Å². The summed E-state index contributed by atoms with van der Waals surface area (Å²) in [5.74, 6) is 0.833. The molecule has 4 N–H and O–H groups in total. The minimum atomic E-state index is 0.0975. The number of aliphatic hydroxyl groups excluding tert-OH is 1. The van der Waals surface area contributed by atoms with Crippen LogP contribution in [0.15, 0.2) is 0 Å². The number of aliphatic hydroxyl groups is 1. The van der Waals surface area contributed by atoms with E-state index < -0.39 is 0 Å². The van der Waals surface area contributed by atoms with Crippen LogP contribution in [-0.4, -0.2) is 30.3 Å². The largest absolute Gasteiger partial charge is 0.395 e. The second-order valence-electron chi connectivity index (χ2n) is 3.90. The molecular formula is C9H20N2O. The van der Waals surface area contributed by atoms with Gasteiger partial charge in [-0.3, -0.25) is 0 Å². The zero-order valence-electron chi connectivity index (χ0n) is 7.79. The third kappa shape index (κ3) is 2.73. The fourth-order valence-corrected chi connectivity index (χ4v) is 1.89. The number of nitrogens with one attached hydrogen (secondary N) is 1. The SMILES string of the molecule is CC1CCC(NC(CN)CO)C1. The van der Waals surface area contributed by atoms with Crippen molar-refractivity contribution in [1.82, 2.24) is 5.32 Å². The van der Waals surface area contributed by atoms with Gasteiger partial charge >= 0.3 is 0 Å². The van der Waals surface area contributed by atoms with Gasteiger partial charge in [0.25, 0.3) is 0 Å². The molecule has 1 saturated carbocycles. The van der Waals surface area contributed by atoms with Gasteiger partial charge in [-0.15, -0.1) is 0 Å². The summed E-state index contributed by atoms with van der Waals surface area (Å²) in [7, 11) is 0. The molecule has 0 saturated heterocycles. The van der Waals surface area contributed by atoms with Crippen LogP contribution in [0, 0.1) is 5.92 Å². The Morgan fingerprint density at radius 1 is 1.58 bits per heavy atom. The van der Waals surface area contributed by atoms with E-state index in [0.717, 1.165) is 5.92 Å². The number of rotatable bonds is 4. The molecule has 0 bridgehead atoms. The molecular weight excluding hydrogens is 152 g/mol. The molecule has 3 heteroatoms. The summed E-state index contributed by atoms with van der Waals surface area (Å²) >= 11 is 0. The van der Waals surface area contributed by atoms with Crippen molar-refractivity contribution in [2.75, 3.05) is 13.2 Å². The summed E-state index contributed by atoms with van der Waals surface area (Å²) in [4.78, 5) is 0. The van der Waals surface area contributed by atoms with Gasteiger partial charge in [0.1, 0.15) is 0 Å². The average Bonchev–Trinajstić information content (AvgIpc) is 2.47. The second-order valence-corrected chi connectivity index (χ2v) is 3.90. The molecule has 1 aliphatic rings. The number of hydrogen-bond acceptors (Lipinski definition) is 3. The van der Waals surface area contributed by atoms with Crippen molar-refractivity contribution in [1.29, 1.82) is 0 Å². The van der Waals surface area contributed by atoms with Crippen LogP contribution in [-0.2, 0) is 0 Å². The lowest BCUT2D eigenvalue weighted by Gasteiger charge is -2.19. The van der Waals surface area contributed by atoms with Gasteiger partial charge in [-0.25, -0.2) is 0 Å². The van der Waals surface area contributed by atoms with Gasteiger partial charge in [-0.05, 0) is 25.2 Å². The highest BCUT2D eigenvalue weighted by Gasteiger charge is 2.22. The molecule has 1 fully saturated rings.